The summed E-state index contributed by atoms with van der Waals surface area (Å²) in [7, 11) is 4.13. The predicted octanol–water partition coefficient (Wildman–Crippen LogP) is 2.28. The van der Waals surface area contributed by atoms with Crippen LogP contribution in [0, 0.1) is 0 Å². The largest absolute Gasteiger partial charge is 0.492 e. The van der Waals surface area contributed by atoms with E-state index in [1.165, 1.54) is 38.0 Å². The lowest BCUT2D eigenvalue weighted by Gasteiger charge is -2.22. The van der Waals surface area contributed by atoms with Crippen LogP contribution in [0.15, 0.2) is 24.3 Å². The molecule has 0 bridgehead atoms. The fourth-order valence-electron chi connectivity index (χ4n) is 3.49. The summed E-state index contributed by atoms with van der Waals surface area (Å²) in [6.07, 6.45) is 3.96. The van der Waals surface area contributed by atoms with Gasteiger partial charge in [0.2, 0.25) is 0 Å². The number of likely N-dealkylation sites (N-methyl/N-ethyl adjacent to an activating group) is 1. The van der Waals surface area contributed by atoms with Crippen LogP contribution in [-0.4, -0.2) is 62.2 Å². The molecule has 1 N–H and O–H groups in total. The van der Waals surface area contributed by atoms with Gasteiger partial charge in [-0.1, -0.05) is 6.07 Å². The molecular formula is C17H27N3O. The van der Waals surface area contributed by atoms with Crippen LogP contribution in [0.5, 0.6) is 5.75 Å². The smallest absolute Gasteiger partial charge is 0.121 e. The van der Waals surface area contributed by atoms with Gasteiger partial charge < -0.3 is 15.0 Å². The maximum absolute atomic E-state index is 5.82. The first-order chi connectivity index (χ1) is 10.2. The molecule has 2 heterocycles. The van der Waals surface area contributed by atoms with E-state index in [9.17, 15) is 0 Å². The molecule has 4 heteroatoms. The number of nitrogens with one attached hydrogen (secondary N) is 1. The van der Waals surface area contributed by atoms with Gasteiger partial charge in [0.05, 0.1) is 0 Å². The highest BCUT2D eigenvalue weighted by Gasteiger charge is 2.36. The molecule has 0 aliphatic carbocycles. The van der Waals surface area contributed by atoms with Crippen LogP contribution in [0.3, 0.4) is 0 Å². The zero-order valence-electron chi connectivity index (χ0n) is 13.2. The van der Waals surface area contributed by atoms with Crippen molar-refractivity contribution in [2.24, 2.45) is 0 Å². The minimum absolute atomic E-state index is 0.601. The molecule has 1 aromatic carbocycles. The molecule has 21 heavy (non-hydrogen) atoms. The lowest BCUT2D eigenvalue weighted by atomic mass is 10.1. The van der Waals surface area contributed by atoms with Gasteiger partial charge in [-0.2, -0.15) is 0 Å². The van der Waals surface area contributed by atoms with Gasteiger partial charge in [0.25, 0.3) is 0 Å². The number of anilines is 1. The van der Waals surface area contributed by atoms with Crippen molar-refractivity contribution in [2.45, 2.75) is 31.3 Å². The van der Waals surface area contributed by atoms with Crippen molar-refractivity contribution in [2.75, 3.05) is 45.7 Å². The average Bonchev–Trinajstić information content (AvgIpc) is 3.04. The molecule has 3 rings (SSSR count). The Kier molecular flexibility index (Phi) is 4.66. The topological polar surface area (TPSA) is 27.7 Å². The maximum Gasteiger partial charge on any atom is 0.121 e. The summed E-state index contributed by atoms with van der Waals surface area (Å²) >= 11 is 0. The van der Waals surface area contributed by atoms with Crippen molar-refractivity contribution in [1.29, 1.82) is 0 Å². The summed E-state index contributed by atoms with van der Waals surface area (Å²) in [6, 6.07) is 9.74. The second kappa shape index (κ2) is 6.67. The van der Waals surface area contributed by atoms with E-state index in [1.54, 1.807) is 0 Å². The third-order valence-electron chi connectivity index (χ3n) is 4.60. The molecular weight excluding hydrogens is 262 g/mol. The molecule has 0 radical (unpaired) electrons. The third kappa shape index (κ3) is 3.69. The summed E-state index contributed by atoms with van der Waals surface area (Å²) in [5.74, 6) is 0.961. The van der Waals surface area contributed by atoms with Crippen molar-refractivity contribution in [3.05, 3.63) is 24.3 Å². The summed E-state index contributed by atoms with van der Waals surface area (Å²) < 4.78 is 5.82. The first-order valence-electron chi connectivity index (χ1n) is 8.10. The Hall–Kier alpha value is -1.26. The molecule has 2 saturated heterocycles. The fraction of sp³-hybridized carbons (Fsp3) is 0.647. The van der Waals surface area contributed by atoms with E-state index >= 15 is 0 Å². The molecule has 0 amide bonds. The molecule has 2 unspecified atom stereocenters. The van der Waals surface area contributed by atoms with E-state index in [0.29, 0.717) is 6.04 Å². The van der Waals surface area contributed by atoms with E-state index in [2.05, 4.69) is 47.4 Å². The van der Waals surface area contributed by atoms with Gasteiger partial charge in [0, 0.05) is 36.9 Å². The SMILES string of the molecule is CN(C)CCOc1cccc(NC2CCN3CCCC23)c1. The van der Waals surface area contributed by atoms with Crippen molar-refractivity contribution in [3.8, 4) is 5.75 Å². The Morgan fingerprint density at radius 1 is 1.29 bits per heavy atom. The second-order valence-corrected chi connectivity index (χ2v) is 6.46. The van der Waals surface area contributed by atoms with Gasteiger partial charge in [0.15, 0.2) is 0 Å². The predicted molar refractivity (Wildman–Crippen MR) is 87.1 cm³/mol. The summed E-state index contributed by atoms with van der Waals surface area (Å²) in [4.78, 5) is 4.77. The molecule has 2 aliphatic heterocycles. The monoisotopic (exact) mass is 289 g/mol. The number of benzene rings is 1. The van der Waals surface area contributed by atoms with E-state index in [1.807, 2.05) is 6.07 Å². The maximum atomic E-state index is 5.82. The number of hydrogen-bond donors (Lipinski definition) is 1. The van der Waals surface area contributed by atoms with E-state index in [0.717, 1.165) is 24.9 Å². The number of hydrogen-bond acceptors (Lipinski definition) is 4. The molecule has 4 nitrogen and oxygen atoms in total. The highest BCUT2D eigenvalue weighted by molar-refractivity contribution is 5.49. The van der Waals surface area contributed by atoms with E-state index < -0.39 is 0 Å². The second-order valence-electron chi connectivity index (χ2n) is 6.46. The molecule has 0 aromatic heterocycles. The Labute approximate surface area is 128 Å². The quantitative estimate of drug-likeness (QED) is 0.869. The van der Waals surface area contributed by atoms with Crippen LogP contribution in [0.1, 0.15) is 19.3 Å². The Morgan fingerprint density at radius 2 is 2.19 bits per heavy atom. The Bertz CT molecular complexity index is 463. The Balaban J connectivity index is 1.56. The van der Waals surface area contributed by atoms with Crippen molar-refractivity contribution in [1.82, 2.24) is 9.80 Å². The minimum atomic E-state index is 0.601. The standard InChI is InChI=1S/C17H27N3O/c1-19(2)11-12-21-15-6-3-5-14(13-15)18-16-8-10-20-9-4-7-17(16)20/h3,5-6,13,16-18H,4,7-12H2,1-2H3. The first-order valence-corrected chi connectivity index (χ1v) is 8.10. The molecule has 0 saturated carbocycles. The Morgan fingerprint density at radius 3 is 3.05 bits per heavy atom. The number of rotatable bonds is 6. The van der Waals surface area contributed by atoms with Crippen molar-refractivity contribution >= 4 is 5.69 Å². The highest BCUT2D eigenvalue weighted by Crippen LogP contribution is 2.30. The summed E-state index contributed by atoms with van der Waals surface area (Å²) in [5.41, 5.74) is 1.19. The number of fused-ring (bicyclic) bond motifs is 1. The first kappa shape index (κ1) is 14.7. The van der Waals surface area contributed by atoms with Crippen LogP contribution >= 0.6 is 0 Å². The van der Waals surface area contributed by atoms with Crippen LogP contribution in [0.4, 0.5) is 5.69 Å². The average molecular weight is 289 g/mol. The molecule has 2 fully saturated rings. The van der Waals surface area contributed by atoms with Gasteiger partial charge in [-0.15, -0.1) is 0 Å². The van der Waals surface area contributed by atoms with Gasteiger partial charge >= 0.3 is 0 Å². The van der Waals surface area contributed by atoms with Gasteiger partial charge in [-0.05, 0) is 52.0 Å². The van der Waals surface area contributed by atoms with Crippen LogP contribution < -0.4 is 10.1 Å². The van der Waals surface area contributed by atoms with Crippen LogP contribution in [0.2, 0.25) is 0 Å². The molecule has 2 aliphatic rings. The molecule has 1 aromatic rings. The molecule has 2 atom stereocenters. The molecule has 0 spiro atoms. The van der Waals surface area contributed by atoms with Gasteiger partial charge in [0.1, 0.15) is 12.4 Å². The summed E-state index contributed by atoms with van der Waals surface area (Å²) in [5, 5.41) is 3.72. The van der Waals surface area contributed by atoms with Gasteiger partial charge in [-0.25, -0.2) is 0 Å². The lowest BCUT2D eigenvalue weighted by molar-refractivity contribution is 0.261. The minimum Gasteiger partial charge on any atom is -0.492 e. The van der Waals surface area contributed by atoms with Gasteiger partial charge in [-0.3, -0.25) is 4.90 Å². The van der Waals surface area contributed by atoms with E-state index in [4.69, 9.17) is 4.74 Å². The third-order valence-corrected chi connectivity index (χ3v) is 4.60. The van der Waals surface area contributed by atoms with Crippen LogP contribution in [0.25, 0.3) is 0 Å². The van der Waals surface area contributed by atoms with Crippen molar-refractivity contribution < 1.29 is 4.74 Å². The van der Waals surface area contributed by atoms with E-state index in [-0.39, 0.29) is 0 Å². The number of ether oxygens (including phenoxy) is 1. The zero-order valence-corrected chi connectivity index (χ0v) is 13.2. The fourth-order valence-corrected chi connectivity index (χ4v) is 3.49. The zero-order chi connectivity index (χ0) is 14.7. The van der Waals surface area contributed by atoms with Crippen molar-refractivity contribution in [3.63, 3.8) is 0 Å². The van der Waals surface area contributed by atoms with Crippen LogP contribution in [-0.2, 0) is 0 Å². The summed E-state index contributed by atoms with van der Waals surface area (Å²) in [6.45, 7) is 4.21. The molecule has 116 valence electrons. The normalized spacial score (nSPS) is 25.3. The lowest BCUT2D eigenvalue weighted by Crippen LogP contribution is -2.33. The highest BCUT2D eigenvalue weighted by atomic mass is 16.5. The number of nitrogens with zero attached hydrogens (tertiary/aromatic N) is 2.